The number of hydrogen-bond donors (Lipinski definition) is 1. The molecular weight excluding hydrogens is 284 g/mol. The summed E-state index contributed by atoms with van der Waals surface area (Å²) in [7, 11) is 1.34. The van der Waals surface area contributed by atoms with Crippen LogP contribution in [0.3, 0.4) is 0 Å². The molecule has 0 unspecified atom stereocenters. The van der Waals surface area contributed by atoms with Crippen LogP contribution >= 0.6 is 0 Å². The van der Waals surface area contributed by atoms with Gasteiger partial charge in [0.05, 0.1) is 7.11 Å². The number of methoxy groups -OCH3 is 1. The second-order valence-corrected chi connectivity index (χ2v) is 4.76. The van der Waals surface area contributed by atoms with E-state index in [0.29, 0.717) is 30.0 Å². The van der Waals surface area contributed by atoms with E-state index < -0.39 is 0 Å². The smallest absolute Gasteiger partial charge is 0.305 e. The van der Waals surface area contributed by atoms with Crippen molar-refractivity contribution in [3.63, 3.8) is 0 Å². The number of carbonyl (C=O) groups excluding carboxylic acids is 2. The molecule has 6 heteroatoms. The van der Waals surface area contributed by atoms with Gasteiger partial charge in [0, 0.05) is 18.5 Å². The van der Waals surface area contributed by atoms with E-state index in [1.807, 2.05) is 30.3 Å². The third-order valence-corrected chi connectivity index (χ3v) is 3.21. The third kappa shape index (κ3) is 3.72. The zero-order chi connectivity index (χ0) is 15.9. The molecule has 1 heterocycles. The van der Waals surface area contributed by atoms with Crippen molar-refractivity contribution in [3.8, 4) is 11.3 Å². The first kappa shape index (κ1) is 15.8. The molecule has 0 spiro atoms. The summed E-state index contributed by atoms with van der Waals surface area (Å²) in [5, 5.41) is 6.74. The number of aryl methyl sites for hydroxylation is 1. The highest BCUT2D eigenvalue weighted by atomic mass is 16.5. The summed E-state index contributed by atoms with van der Waals surface area (Å²) in [6.45, 7) is 2.08. The molecule has 1 aromatic heterocycles. The third-order valence-electron chi connectivity index (χ3n) is 3.21. The number of carbonyl (C=O) groups is 2. The molecule has 0 fully saturated rings. The molecule has 116 valence electrons. The minimum Gasteiger partial charge on any atom is -0.469 e. The summed E-state index contributed by atoms with van der Waals surface area (Å²) in [5.41, 5.74) is 1.76. The lowest BCUT2D eigenvalue weighted by Crippen LogP contribution is -2.25. The molecule has 1 amide bonds. The van der Waals surface area contributed by atoms with E-state index in [2.05, 4.69) is 15.2 Å². The highest BCUT2D eigenvalue weighted by Crippen LogP contribution is 2.24. The monoisotopic (exact) mass is 302 g/mol. The van der Waals surface area contributed by atoms with Gasteiger partial charge in [0.2, 0.25) is 0 Å². The predicted molar refractivity (Wildman–Crippen MR) is 80.3 cm³/mol. The van der Waals surface area contributed by atoms with Crippen molar-refractivity contribution in [3.05, 3.63) is 41.7 Å². The lowest BCUT2D eigenvalue weighted by molar-refractivity contribution is -0.140. The van der Waals surface area contributed by atoms with Crippen molar-refractivity contribution in [1.82, 2.24) is 10.5 Å². The van der Waals surface area contributed by atoms with Crippen LogP contribution in [-0.2, 0) is 9.53 Å². The molecule has 1 N–H and O–H groups in total. The van der Waals surface area contributed by atoms with Crippen molar-refractivity contribution in [2.24, 2.45) is 0 Å². The number of nitrogens with zero attached hydrogens (tertiary/aromatic N) is 1. The van der Waals surface area contributed by atoms with E-state index in [4.69, 9.17) is 4.52 Å². The van der Waals surface area contributed by atoms with Gasteiger partial charge in [-0.25, -0.2) is 0 Å². The van der Waals surface area contributed by atoms with E-state index in [1.165, 1.54) is 7.11 Å². The number of aromatic nitrogens is 1. The molecule has 0 aliphatic carbocycles. The molecule has 0 aliphatic rings. The van der Waals surface area contributed by atoms with Gasteiger partial charge in [-0.1, -0.05) is 35.5 Å². The highest BCUT2D eigenvalue weighted by Gasteiger charge is 2.21. The highest BCUT2D eigenvalue weighted by molar-refractivity contribution is 6.00. The summed E-state index contributed by atoms with van der Waals surface area (Å²) in [6, 6.07) is 9.37. The van der Waals surface area contributed by atoms with Gasteiger partial charge in [0.15, 0.2) is 0 Å². The molecule has 2 rings (SSSR count). The van der Waals surface area contributed by atoms with Crippen LogP contribution in [0.1, 0.15) is 29.0 Å². The van der Waals surface area contributed by atoms with Crippen LogP contribution < -0.4 is 5.32 Å². The number of rotatable bonds is 6. The first-order valence-corrected chi connectivity index (χ1v) is 7.00. The molecule has 0 saturated heterocycles. The largest absolute Gasteiger partial charge is 0.469 e. The summed E-state index contributed by atoms with van der Waals surface area (Å²) in [4.78, 5) is 23.3. The Morgan fingerprint density at radius 3 is 2.68 bits per heavy atom. The Kier molecular flexibility index (Phi) is 5.30. The number of benzene rings is 1. The summed E-state index contributed by atoms with van der Waals surface area (Å²) in [6.07, 6.45) is 0.786. The van der Waals surface area contributed by atoms with Crippen molar-refractivity contribution in [1.29, 1.82) is 0 Å². The van der Waals surface area contributed by atoms with Crippen molar-refractivity contribution < 1.29 is 18.8 Å². The minimum atomic E-state index is -0.291. The Labute approximate surface area is 128 Å². The average molecular weight is 302 g/mol. The Morgan fingerprint density at radius 1 is 1.27 bits per heavy atom. The Hall–Kier alpha value is -2.63. The van der Waals surface area contributed by atoms with Crippen LogP contribution in [0.4, 0.5) is 0 Å². The van der Waals surface area contributed by atoms with Gasteiger partial charge in [-0.2, -0.15) is 0 Å². The molecule has 0 bridgehead atoms. The maximum atomic E-state index is 12.3. The lowest BCUT2D eigenvalue weighted by atomic mass is 10.1. The van der Waals surface area contributed by atoms with Crippen LogP contribution in [0.25, 0.3) is 11.3 Å². The van der Waals surface area contributed by atoms with E-state index in [9.17, 15) is 9.59 Å². The molecule has 2 aromatic rings. The molecule has 1 aromatic carbocycles. The van der Waals surface area contributed by atoms with Crippen molar-refractivity contribution >= 4 is 11.9 Å². The average Bonchev–Trinajstić information content (AvgIpc) is 2.93. The van der Waals surface area contributed by atoms with E-state index in [1.54, 1.807) is 6.92 Å². The fourth-order valence-corrected chi connectivity index (χ4v) is 2.06. The SMILES string of the molecule is COC(=O)CCCNC(=O)c1c(-c2ccccc2)noc1C. The normalized spacial score (nSPS) is 10.3. The van der Waals surface area contributed by atoms with E-state index in [0.717, 1.165) is 5.56 Å². The zero-order valence-corrected chi connectivity index (χ0v) is 12.6. The fraction of sp³-hybridized carbons (Fsp3) is 0.312. The minimum absolute atomic E-state index is 0.262. The second kappa shape index (κ2) is 7.40. The second-order valence-electron chi connectivity index (χ2n) is 4.76. The maximum absolute atomic E-state index is 12.3. The van der Waals surface area contributed by atoms with Gasteiger partial charge in [0.25, 0.3) is 5.91 Å². The fourth-order valence-electron chi connectivity index (χ4n) is 2.06. The van der Waals surface area contributed by atoms with Gasteiger partial charge in [-0.15, -0.1) is 0 Å². The molecule has 0 aliphatic heterocycles. The Bertz CT molecular complexity index is 649. The van der Waals surface area contributed by atoms with Crippen LogP contribution in [0.2, 0.25) is 0 Å². The zero-order valence-electron chi connectivity index (χ0n) is 12.6. The van der Waals surface area contributed by atoms with Gasteiger partial charge in [-0.05, 0) is 13.3 Å². The first-order chi connectivity index (χ1) is 10.6. The van der Waals surface area contributed by atoms with Crippen LogP contribution in [0.15, 0.2) is 34.9 Å². The number of ether oxygens (including phenoxy) is 1. The van der Waals surface area contributed by atoms with Gasteiger partial charge >= 0.3 is 5.97 Å². The maximum Gasteiger partial charge on any atom is 0.305 e. The van der Waals surface area contributed by atoms with Gasteiger partial charge < -0.3 is 14.6 Å². The van der Waals surface area contributed by atoms with Crippen molar-refractivity contribution in [2.45, 2.75) is 19.8 Å². The quantitative estimate of drug-likeness (QED) is 0.654. The standard InChI is InChI=1S/C16H18N2O4/c1-11-14(16(20)17-10-6-9-13(19)21-2)15(18-22-11)12-7-4-3-5-8-12/h3-5,7-8H,6,9-10H2,1-2H3,(H,17,20). The summed E-state index contributed by atoms with van der Waals surface area (Å²) in [5.74, 6) is -0.0906. The molecule has 0 atom stereocenters. The lowest BCUT2D eigenvalue weighted by Gasteiger charge is -2.05. The topological polar surface area (TPSA) is 81.4 Å². The van der Waals surface area contributed by atoms with Gasteiger partial charge in [0.1, 0.15) is 17.0 Å². The Morgan fingerprint density at radius 2 is 2.00 bits per heavy atom. The molecule has 0 saturated carbocycles. The van der Waals surface area contributed by atoms with Crippen LogP contribution in [0.5, 0.6) is 0 Å². The molecule has 0 radical (unpaired) electrons. The number of nitrogens with one attached hydrogen (secondary N) is 1. The summed E-state index contributed by atoms with van der Waals surface area (Å²) >= 11 is 0. The van der Waals surface area contributed by atoms with Crippen LogP contribution in [-0.4, -0.2) is 30.7 Å². The number of amides is 1. The number of esters is 1. The predicted octanol–water partition coefficient (Wildman–Crippen LogP) is 2.33. The first-order valence-electron chi connectivity index (χ1n) is 7.00. The Balaban J connectivity index is 2.04. The van der Waals surface area contributed by atoms with E-state index in [-0.39, 0.29) is 18.3 Å². The van der Waals surface area contributed by atoms with E-state index >= 15 is 0 Å². The number of hydrogen-bond acceptors (Lipinski definition) is 5. The van der Waals surface area contributed by atoms with Crippen LogP contribution in [0, 0.1) is 6.92 Å². The summed E-state index contributed by atoms with van der Waals surface area (Å²) < 4.78 is 9.70. The molecule has 22 heavy (non-hydrogen) atoms. The molecule has 6 nitrogen and oxygen atoms in total. The van der Waals surface area contributed by atoms with Crippen molar-refractivity contribution in [2.75, 3.05) is 13.7 Å². The molecular formula is C16H18N2O4. The van der Waals surface area contributed by atoms with Gasteiger partial charge in [-0.3, -0.25) is 9.59 Å².